The molecule has 1 heterocycles. The molecule has 1 saturated carbocycles. The monoisotopic (exact) mass is 243 g/mol. The van der Waals surface area contributed by atoms with Gasteiger partial charge in [-0.25, -0.2) is 4.98 Å². The van der Waals surface area contributed by atoms with E-state index in [1.807, 2.05) is 6.07 Å². The number of imidazole rings is 1. The first-order valence-corrected chi connectivity index (χ1v) is 6.89. The Morgan fingerprint density at radius 1 is 1.33 bits per heavy atom. The van der Waals surface area contributed by atoms with Gasteiger partial charge < -0.3 is 9.88 Å². The van der Waals surface area contributed by atoms with Crippen LogP contribution in [0.1, 0.15) is 32.0 Å². The average Bonchev–Trinajstić information content (AvgIpc) is 2.92. The second-order valence-corrected chi connectivity index (χ2v) is 5.47. The lowest BCUT2D eigenvalue weighted by molar-refractivity contribution is 0.419. The summed E-state index contributed by atoms with van der Waals surface area (Å²) >= 11 is 0. The number of hydrogen-bond donors (Lipinski definition) is 1. The van der Waals surface area contributed by atoms with E-state index in [4.69, 9.17) is 4.98 Å². The summed E-state index contributed by atoms with van der Waals surface area (Å²) in [5.41, 5.74) is 2.31. The molecule has 0 saturated heterocycles. The zero-order valence-corrected chi connectivity index (χ0v) is 11.2. The minimum atomic E-state index is 0.671. The predicted molar refractivity (Wildman–Crippen MR) is 74.4 cm³/mol. The molecule has 3 rings (SSSR count). The Morgan fingerprint density at radius 2 is 2.17 bits per heavy atom. The van der Waals surface area contributed by atoms with Crippen LogP contribution in [0.2, 0.25) is 0 Å². The third-order valence-electron chi connectivity index (χ3n) is 4.26. The summed E-state index contributed by atoms with van der Waals surface area (Å²) in [7, 11) is 2.10. The van der Waals surface area contributed by atoms with Crippen LogP contribution in [0.5, 0.6) is 0 Å². The molecule has 1 fully saturated rings. The van der Waals surface area contributed by atoms with Crippen LogP contribution in [0.25, 0.3) is 11.0 Å². The molecule has 96 valence electrons. The second-order valence-electron chi connectivity index (χ2n) is 5.47. The third-order valence-corrected chi connectivity index (χ3v) is 4.26. The SMILES string of the molecule is CC1CCCC1NCc1nc2ccccc2n1C. The molecule has 3 nitrogen and oxygen atoms in total. The van der Waals surface area contributed by atoms with Crippen LogP contribution in [0.15, 0.2) is 24.3 Å². The maximum Gasteiger partial charge on any atom is 0.123 e. The first-order chi connectivity index (χ1) is 8.75. The van der Waals surface area contributed by atoms with Crippen molar-refractivity contribution in [2.75, 3.05) is 0 Å². The molecule has 2 aromatic rings. The Morgan fingerprint density at radius 3 is 2.89 bits per heavy atom. The van der Waals surface area contributed by atoms with Crippen LogP contribution < -0.4 is 5.32 Å². The summed E-state index contributed by atoms with van der Waals surface area (Å²) in [5.74, 6) is 1.94. The van der Waals surface area contributed by atoms with Crippen LogP contribution >= 0.6 is 0 Å². The summed E-state index contributed by atoms with van der Waals surface area (Å²) < 4.78 is 2.20. The highest BCUT2D eigenvalue weighted by Crippen LogP contribution is 2.25. The Hall–Kier alpha value is -1.35. The first-order valence-electron chi connectivity index (χ1n) is 6.89. The fraction of sp³-hybridized carbons (Fsp3) is 0.533. The molecule has 1 aliphatic rings. The molecule has 2 atom stereocenters. The highest BCUT2D eigenvalue weighted by molar-refractivity contribution is 5.75. The Kier molecular flexibility index (Phi) is 3.08. The Labute approximate surface area is 108 Å². The van der Waals surface area contributed by atoms with Gasteiger partial charge in [-0.2, -0.15) is 0 Å². The summed E-state index contributed by atoms with van der Waals surface area (Å²) in [6, 6.07) is 9.00. The zero-order valence-electron chi connectivity index (χ0n) is 11.2. The molecule has 0 amide bonds. The van der Waals surface area contributed by atoms with Crippen molar-refractivity contribution >= 4 is 11.0 Å². The molecule has 2 unspecified atom stereocenters. The number of benzene rings is 1. The van der Waals surface area contributed by atoms with Crippen molar-refractivity contribution < 1.29 is 0 Å². The molecular weight excluding hydrogens is 222 g/mol. The van der Waals surface area contributed by atoms with Crippen molar-refractivity contribution in [2.24, 2.45) is 13.0 Å². The van der Waals surface area contributed by atoms with E-state index in [0.29, 0.717) is 6.04 Å². The lowest BCUT2D eigenvalue weighted by Crippen LogP contribution is -2.31. The van der Waals surface area contributed by atoms with Crippen molar-refractivity contribution in [3.63, 3.8) is 0 Å². The van der Waals surface area contributed by atoms with Crippen LogP contribution in [0, 0.1) is 5.92 Å². The average molecular weight is 243 g/mol. The summed E-state index contributed by atoms with van der Waals surface area (Å²) in [6.45, 7) is 3.22. The number of hydrogen-bond acceptors (Lipinski definition) is 2. The van der Waals surface area contributed by atoms with Crippen LogP contribution in [0.3, 0.4) is 0 Å². The van der Waals surface area contributed by atoms with Crippen LogP contribution in [0.4, 0.5) is 0 Å². The maximum atomic E-state index is 4.70. The molecular formula is C15H21N3. The second kappa shape index (κ2) is 4.73. The number of nitrogens with zero attached hydrogens (tertiary/aromatic N) is 2. The lowest BCUT2D eigenvalue weighted by atomic mass is 10.1. The molecule has 1 aromatic carbocycles. The number of para-hydroxylation sites is 2. The van der Waals surface area contributed by atoms with Gasteiger partial charge in [0.05, 0.1) is 17.6 Å². The Bertz CT molecular complexity index is 544. The van der Waals surface area contributed by atoms with Gasteiger partial charge in [-0.3, -0.25) is 0 Å². The van der Waals surface area contributed by atoms with Gasteiger partial charge >= 0.3 is 0 Å². The van der Waals surface area contributed by atoms with Gasteiger partial charge in [0.25, 0.3) is 0 Å². The van der Waals surface area contributed by atoms with Crippen molar-refractivity contribution in [1.29, 1.82) is 0 Å². The van der Waals surface area contributed by atoms with Gasteiger partial charge in [-0.15, -0.1) is 0 Å². The van der Waals surface area contributed by atoms with E-state index >= 15 is 0 Å². The van der Waals surface area contributed by atoms with Gasteiger partial charge in [0.15, 0.2) is 0 Å². The van der Waals surface area contributed by atoms with E-state index in [0.717, 1.165) is 23.8 Å². The van der Waals surface area contributed by atoms with E-state index in [1.54, 1.807) is 0 Å². The van der Waals surface area contributed by atoms with Gasteiger partial charge in [-0.1, -0.05) is 25.5 Å². The summed E-state index contributed by atoms with van der Waals surface area (Å²) in [4.78, 5) is 4.70. The largest absolute Gasteiger partial charge is 0.330 e. The fourth-order valence-electron chi connectivity index (χ4n) is 3.02. The number of nitrogens with one attached hydrogen (secondary N) is 1. The standard InChI is InChI=1S/C15H21N3/c1-11-6-5-8-12(11)16-10-15-17-13-7-3-4-9-14(13)18(15)2/h3-4,7,9,11-12,16H,5-6,8,10H2,1-2H3. The number of aromatic nitrogens is 2. The molecule has 18 heavy (non-hydrogen) atoms. The smallest absolute Gasteiger partial charge is 0.123 e. The third kappa shape index (κ3) is 2.03. The van der Waals surface area contributed by atoms with Gasteiger partial charge in [0.1, 0.15) is 5.82 Å². The zero-order chi connectivity index (χ0) is 12.5. The molecule has 0 bridgehead atoms. The van der Waals surface area contributed by atoms with Crippen molar-refractivity contribution in [3.05, 3.63) is 30.1 Å². The molecule has 1 aliphatic carbocycles. The molecule has 0 aliphatic heterocycles. The Balaban J connectivity index is 1.76. The highest BCUT2D eigenvalue weighted by atomic mass is 15.1. The van der Waals surface area contributed by atoms with Gasteiger partial charge in [-0.05, 0) is 30.9 Å². The predicted octanol–water partition coefficient (Wildman–Crippen LogP) is 2.85. The summed E-state index contributed by atoms with van der Waals surface area (Å²) in [6.07, 6.45) is 4.03. The highest BCUT2D eigenvalue weighted by Gasteiger charge is 2.23. The van der Waals surface area contributed by atoms with E-state index in [1.165, 1.54) is 24.8 Å². The van der Waals surface area contributed by atoms with E-state index < -0.39 is 0 Å². The lowest BCUT2D eigenvalue weighted by Gasteiger charge is -2.16. The number of aryl methyl sites for hydroxylation is 1. The summed E-state index contributed by atoms with van der Waals surface area (Å²) in [5, 5.41) is 3.67. The van der Waals surface area contributed by atoms with Crippen LogP contribution in [-0.2, 0) is 13.6 Å². The van der Waals surface area contributed by atoms with E-state index in [2.05, 4.69) is 42.1 Å². The van der Waals surface area contributed by atoms with Crippen LogP contribution in [-0.4, -0.2) is 15.6 Å². The van der Waals surface area contributed by atoms with E-state index in [9.17, 15) is 0 Å². The molecule has 3 heteroatoms. The molecule has 0 spiro atoms. The minimum Gasteiger partial charge on any atom is -0.330 e. The normalized spacial score (nSPS) is 23.9. The van der Waals surface area contributed by atoms with Crippen molar-refractivity contribution in [3.8, 4) is 0 Å². The van der Waals surface area contributed by atoms with Crippen molar-refractivity contribution in [2.45, 2.75) is 38.8 Å². The van der Waals surface area contributed by atoms with Crippen molar-refractivity contribution in [1.82, 2.24) is 14.9 Å². The van der Waals surface area contributed by atoms with E-state index in [-0.39, 0.29) is 0 Å². The van der Waals surface area contributed by atoms with Gasteiger partial charge in [0.2, 0.25) is 0 Å². The molecule has 1 aromatic heterocycles. The number of fused-ring (bicyclic) bond motifs is 1. The maximum absolute atomic E-state index is 4.70. The fourth-order valence-corrected chi connectivity index (χ4v) is 3.02. The quantitative estimate of drug-likeness (QED) is 0.898. The minimum absolute atomic E-state index is 0.671. The number of rotatable bonds is 3. The first kappa shape index (κ1) is 11.7. The molecule has 0 radical (unpaired) electrons. The molecule has 1 N–H and O–H groups in total. The van der Waals surface area contributed by atoms with Gasteiger partial charge in [0, 0.05) is 13.1 Å². The topological polar surface area (TPSA) is 29.9 Å².